The number of rotatable bonds is 6. The molecule has 0 aliphatic carbocycles. The average molecular weight is 451 g/mol. The van der Waals surface area contributed by atoms with Gasteiger partial charge in [-0.15, -0.1) is 0 Å². The van der Waals surface area contributed by atoms with Crippen molar-refractivity contribution in [1.29, 1.82) is 0 Å². The number of nitrogens with one attached hydrogen (secondary N) is 1. The Morgan fingerprint density at radius 3 is 2.25 bits per heavy atom. The number of carbonyl (C=O) groups is 2. The van der Waals surface area contributed by atoms with Crippen molar-refractivity contribution < 1.29 is 32.2 Å². The quantitative estimate of drug-likeness (QED) is 0.731. The summed E-state index contributed by atoms with van der Waals surface area (Å²) in [7, 11) is 3.00. The third kappa shape index (κ3) is 5.50. The van der Waals surface area contributed by atoms with Crippen LogP contribution in [0.2, 0.25) is 0 Å². The summed E-state index contributed by atoms with van der Waals surface area (Å²) in [5, 5.41) is 2.34. The molecule has 172 valence electrons. The Kier molecular flexibility index (Phi) is 7.24. The van der Waals surface area contributed by atoms with Gasteiger partial charge >= 0.3 is 6.18 Å². The summed E-state index contributed by atoms with van der Waals surface area (Å²) in [5.74, 6) is 0.260. The van der Waals surface area contributed by atoms with Gasteiger partial charge in [0.2, 0.25) is 5.91 Å². The summed E-state index contributed by atoms with van der Waals surface area (Å²) in [6.45, 7) is 1.56. The van der Waals surface area contributed by atoms with E-state index in [2.05, 4.69) is 5.32 Å². The fraction of sp³-hybridized carbons (Fsp3) is 0.364. The maximum Gasteiger partial charge on any atom is 0.418 e. The molecule has 0 saturated carbocycles. The van der Waals surface area contributed by atoms with Crippen molar-refractivity contribution in [3.8, 4) is 11.5 Å². The van der Waals surface area contributed by atoms with E-state index < -0.39 is 17.6 Å². The fourth-order valence-corrected chi connectivity index (χ4v) is 3.49. The van der Waals surface area contributed by atoms with Gasteiger partial charge in [-0.25, -0.2) is 0 Å². The lowest BCUT2D eigenvalue weighted by atomic mass is 10.1. The van der Waals surface area contributed by atoms with Gasteiger partial charge in [0, 0.05) is 31.7 Å². The molecule has 0 bridgehead atoms. The van der Waals surface area contributed by atoms with Crippen molar-refractivity contribution in [3.05, 3.63) is 53.6 Å². The molecule has 0 aromatic heterocycles. The average Bonchev–Trinajstić information content (AvgIpc) is 2.78. The minimum Gasteiger partial charge on any atom is -0.493 e. The van der Waals surface area contributed by atoms with Gasteiger partial charge < -0.3 is 19.7 Å². The van der Waals surface area contributed by atoms with E-state index in [9.17, 15) is 22.8 Å². The van der Waals surface area contributed by atoms with Crippen molar-refractivity contribution in [2.45, 2.75) is 6.18 Å². The lowest BCUT2D eigenvalue weighted by Gasteiger charge is -2.34. The highest BCUT2D eigenvalue weighted by atomic mass is 19.4. The van der Waals surface area contributed by atoms with Crippen LogP contribution in [-0.2, 0) is 11.0 Å². The number of hydrogen-bond acceptors (Lipinski definition) is 5. The molecule has 0 unspecified atom stereocenters. The molecule has 1 heterocycles. The van der Waals surface area contributed by atoms with Crippen molar-refractivity contribution in [2.75, 3.05) is 52.3 Å². The molecule has 1 aliphatic heterocycles. The number of nitrogens with zero attached hydrogens (tertiary/aromatic N) is 2. The first kappa shape index (κ1) is 23.4. The first-order valence-corrected chi connectivity index (χ1v) is 9.92. The Labute approximate surface area is 183 Å². The molecule has 32 heavy (non-hydrogen) atoms. The van der Waals surface area contributed by atoms with Crippen molar-refractivity contribution in [2.24, 2.45) is 0 Å². The summed E-state index contributed by atoms with van der Waals surface area (Å²) in [6, 6.07) is 9.78. The summed E-state index contributed by atoms with van der Waals surface area (Å²) in [6.07, 6.45) is -4.56. The van der Waals surface area contributed by atoms with Gasteiger partial charge in [-0.2, -0.15) is 13.2 Å². The molecular formula is C22H24F3N3O4. The van der Waals surface area contributed by atoms with E-state index in [-0.39, 0.29) is 18.1 Å². The predicted molar refractivity (Wildman–Crippen MR) is 112 cm³/mol. The molecular weight excluding hydrogens is 427 g/mol. The van der Waals surface area contributed by atoms with E-state index in [1.807, 2.05) is 0 Å². The first-order chi connectivity index (χ1) is 15.2. The molecule has 1 N–H and O–H groups in total. The Hall–Kier alpha value is -3.27. The predicted octanol–water partition coefficient (Wildman–Crippen LogP) is 3.12. The molecule has 0 radical (unpaired) electrons. The van der Waals surface area contributed by atoms with Crippen LogP contribution in [-0.4, -0.2) is 68.6 Å². The van der Waals surface area contributed by atoms with Crippen LogP contribution in [0.3, 0.4) is 0 Å². The molecule has 3 rings (SSSR count). The highest BCUT2D eigenvalue weighted by molar-refractivity contribution is 5.95. The molecule has 1 aliphatic rings. The second kappa shape index (κ2) is 9.90. The number of hydrogen-bond donors (Lipinski definition) is 1. The minimum absolute atomic E-state index is 0.0649. The van der Waals surface area contributed by atoms with E-state index in [1.54, 1.807) is 28.0 Å². The van der Waals surface area contributed by atoms with Crippen LogP contribution in [0.5, 0.6) is 11.5 Å². The third-order valence-electron chi connectivity index (χ3n) is 5.16. The molecule has 2 aromatic rings. The van der Waals surface area contributed by atoms with Crippen LogP contribution in [0.25, 0.3) is 0 Å². The lowest BCUT2D eigenvalue weighted by Crippen LogP contribution is -2.50. The SMILES string of the molecule is COc1ccc(C(=O)N2CCN(CC(=O)Nc3ccccc3C(F)(F)F)CC2)cc1OC. The summed E-state index contributed by atoms with van der Waals surface area (Å²) >= 11 is 0. The molecule has 1 saturated heterocycles. The normalized spacial score (nSPS) is 14.7. The van der Waals surface area contributed by atoms with Gasteiger partial charge in [-0.3, -0.25) is 14.5 Å². The number of methoxy groups -OCH3 is 2. The van der Waals surface area contributed by atoms with E-state index in [4.69, 9.17) is 9.47 Å². The lowest BCUT2D eigenvalue weighted by molar-refractivity contribution is -0.137. The number of amides is 2. The topological polar surface area (TPSA) is 71.1 Å². The number of para-hydroxylation sites is 1. The van der Waals surface area contributed by atoms with Gasteiger partial charge in [0.1, 0.15) is 0 Å². The second-order valence-corrected chi connectivity index (χ2v) is 7.23. The zero-order chi connectivity index (χ0) is 23.3. The van der Waals surface area contributed by atoms with Crippen molar-refractivity contribution in [3.63, 3.8) is 0 Å². The fourth-order valence-electron chi connectivity index (χ4n) is 3.49. The van der Waals surface area contributed by atoms with Crippen LogP contribution in [0.1, 0.15) is 15.9 Å². The largest absolute Gasteiger partial charge is 0.493 e. The van der Waals surface area contributed by atoms with Gasteiger partial charge in [0.05, 0.1) is 32.0 Å². The Morgan fingerprint density at radius 2 is 1.62 bits per heavy atom. The molecule has 0 spiro atoms. The third-order valence-corrected chi connectivity index (χ3v) is 5.16. The number of ether oxygens (including phenoxy) is 2. The number of anilines is 1. The monoisotopic (exact) mass is 451 g/mol. The second-order valence-electron chi connectivity index (χ2n) is 7.23. The van der Waals surface area contributed by atoms with E-state index in [0.717, 1.165) is 6.07 Å². The summed E-state index contributed by atoms with van der Waals surface area (Å²) in [5.41, 5.74) is -0.705. The maximum atomic E-state index is 13.1. The van der Waals surface area contributed by atoms with Crippen molar-refractivity contribution >= 4 is 17.5 Å². The smallest absolute Gasteiger partial charge is 0.418 e. The molecule has 10 heteroatoms. The number of piperazine rings is 1. The standard InChI is InChI=1S/C22H24F3N3O4/c1-31-18-8-7-15(13-19(18)32-2)21(30)28-11-9-27(10-12-28)14-20(29)26-17-6-4-3-5-16(17)22(23,24)25/h3-8,13H,9-12,14H2,1-2H3,(H,26,29). The molecule has 7 nitrogen and oxygen atoms in total. The van der Waals surface area contributed by atoms with E-state index >= 15 is 0 Å². The number of alkyl halides is 3. The van der Waals surface area contributed by atoms with Crippen LogP contribution in [0, 0.1) is 0 Å². The van der Waals surface area contributed by atoms with Gasteiger partial charge in [0.25, 0.3) is 5.91 Å². The van der Waals surface area contributed by atoms with Crippen LogP contribution >= 0.6 is 0 Å². The Morgan fingerprint density at radius 1 is 0.969 bits per heavy atom. The number of halogens is 3. The van der Waals surface area contributed by atoms with Gasteiger partial charge in [-0.05, 0) is 30.3 Å². The first-order valence-electron chi connectivity index (χ1n) is 9.92. The summed E-state index contributed by atoms with van der Waals surface area (Å²) < 4.78 is 49.7. The zero-order valence-electron chi connectivity index (χ0n) is 17.7. The van der Waals surface area contributed by atoms with Crippen LogP contribution in [0.15, 0.2) is 42.5 Å². The van der Waals surface area contributed by atoms with Crippen molar-refractivity contribution in [1.82, 2.24) is 9.80 Å². The highest BCUT2D eigenvalue weighted by Gasteiger charge is 2.33. The molecule has 2 aromatic carbocycles. The number of benzene rings is 2. The zero-order valence-corrected chi connectivity index (χ0v) is 17.7. The molecule has 1 fully saturated rings. The van der Waals surface area contributed by atoms with Gasteiger partial charge in [0.15, 0.2) is 11.5 Å². The van der Waals surface area contributed by atoms with Gasteiger partial charge in [-0.1, -0.05) is 12.1 Å². The highest BCUT2D eigenvalue weighted by Crippen LogP contribution is 2.34. The Balaban J connectivity index is 1.55. The summed E-state index contributed by atoms with van der Waals surface area (Å²) in [4.78, 5) is 28.6. The molecule has 2 amide bonds. The number of carbonyl (C=O) groups excluding carboxylic acids is 2. The van der Waals surface area contributed by atoms with Crippen LogP contribution in [0.4, 0.5) is 18.9 Å². The van der Waals surface area contributed by atoms with E-state index in [1.165, 1.54) is 32.4 Å². The maximum absolute atomic E-state index is 13.1. The minimum atomic E-state index is -4.56. The molecule has 0 atom stereocenters. The van der Waals surface area contributed by atoms with Crippen LogP contribution < -0.4 is 14.8 Å². The Bertz CT molecular complexity index is 973. The van der Waals surface area contributed by atoms with E-state index in [0.29, 0.717) is 43.2 Å².